The van der Waals surface area contributed by atoms with Crippen molar-refractivity contribution in [3.63, 3.8) is 0 Å². The van der Waals surface area contributed by atoms with Crippen LogP contribution >= 0.6 is 0 Å². The monoisotopic (exact) mass is 284 g/mol. The minimum Gasteiger partial charge on any atom is -0.382 e. The number of carbonyl (C=O) groups excluding carboxylic acids is 1. The standard InChI is InChI=1S/C16H20N4O/c17-15-11-14(18-19-15)16(21)20-8-6-13(7-9-20)10-12-4-2-1-3-5-12/h1-5,11,13H,6-10H2,(H3,17,18,19). The molecule has 0 unspecified atom stereocenters. The van der Waals surface area contributed by atoms with Gasteiger partial charge >= 0.3 is 0 Å². The van der Waals surface area contributed by atoms with Crippen molar-refractivity contribution < 1.29 is 4.79 Å². The van der Waals surface area contributed by atoms with Gasteiger partial charge in [0, 0.05) is 19.2 Å². The molecule has 5 heteroatoms. The Morgan fingerprint density at radius 3 is 2.62 bits per heavy atom. The van der Waals surface area contributed by atoms with Gasteiger partial charge in [-0.05, 0) is 30.7 Å². The lowest BCUT2D eigenvalue weighted by Gasteiger charge is -2.31. The van der Waals surface area contributed by atoms with Gasteiger partial charge in [-0.25, -0.2) is 0 Å². The van der Waals surface area contributed by atoms with Crippen molar-refractivity contribution in [2.24, 2.45) is 5.92 Å². The lowest BCUT2D eigenvalue weighted by Crippen LogP contribution is -2.39. The lowest BCUT2D eigenvalue weighted by atomic mass is 9.90. The van der Waals surface area contributed by atoms with Crippen LogP contribution in [0.1, 0.15) is 28.9 Å². The summed E-state index contributed by atoms with van der Waals surface area (Å²) in [6.45, 7) is 1.60. The molecule has 0 aliphatic carbocycles. The van der Waals surface area contributed by atoms with Gasteiger partial charge in [0.15, 0.2) is 0 Å². The molecule has 1 aliphatic rings. The SMILES string of the molecule is Nc1cc(C(=O)N2CCC(Cc3ccccc3)CC2)[nH]n1. The summed E-state index contributed by atoms with van der Waals surface area (Å²) in [4.78, 5) is 14.2. The second kappa shape index (κ2) is 5.99. The number of nitrogen functional groups attached to an aromatic ring is 1. The first-order valence-electron chi connectivity index (χ1n) is 7.36. The van der Waals surface area contributed by atoms with Gasteiger partial charge in [-0.2, -0.15) is 5.10 Å². The summed E-state index contributed by atoms with van der Waals surface area (Å²) in [5.41, 5.74) is 7.40. The first kappa shape index (κ1) is 13.7. The predicted molar refractivity (Wildman–Crippen MR) is 81.8 cm³/mol. The van der Waals surface area contributed by atoms with Gasteiger partial charge in [-0.1, -0.05) is 30.3 Å². The molecule has 0 atom stereocenters. The maximum absolute atomic E-state index is 12.3. The predicted octanol–water partition coefficient (Wildman–Crippen LogP) is 2.09. The van der Waals surface area contributed by atoms with Gasteiger partial charge in [-0.15, -0.1) is 0 Å². The van der Waals surface area contributed by atoms with E-state index in [1.165, 1.54) is 5.56 Å². The number of benzene rings is 1. The van der Waals surface area contributed by atoms with Crippen LogP contribution in [0.2, 0.25) is 0 Å². The molecule has 110 valence electrons. The molecule has 1 aromatic carbocycles. The van der Waals surface area contributed by atoms with E-state index in [0.29, 0.717) is 17.4 Å². The molecule has 1 saturated heterocycles. The molecule has 0 bridgehead atoms. The van der Waals surface area contributed by atoms with Crippen LogP contribution < -0.4 is 5.73 Å². The Bertz CT molecular complexity index is 600. The molecule has 0 radical (unpaired) electrons. The zero-order valence-corrected chi connectivity index (χ0v) is 12.0. The van der Waals surface area contributed by atoms with E-state index in [1.54, 1.807) is 6.07 Å². The number of H-pyrrole nitrogens is 1. The van der Waals surface area contributed by atoms with E-state index >= 15 is 0 Å². The van der Waals surface area contributed by atoms with Crippen LogP contribution in [0.15, 0.2) is 36.4 Å². The smallest absolute Gasteiger partial charge is 0.271 e. The highest BCUT2D eigenvalue weighted by atomic mass is 16.2. The van der Waals surface area contributed by atoms with Crippen molar-refractivity contribution in [3.8, 4) is 0 Å². The van der Waals surface area contributed by atoms with E-state index < -0.39 is 0 Å². The van der Waals surface area contributed by atoms with E-state index in [1.807, 2.05) is 11.0 Å². The molecule has 3 rings (SSSR count). The zero-order valence-electron chi connectivity index (χ0n) is 12.0. The number of rotatable bonds is 3. The number of hydrogen-bond donors (Lipinski definition) is 2. The molecule has 21 heavy (non-hydrogen) atoms. The Kier molecular flexibility index (Phi) is 3.90. The summed E-state index contributed by atoms with van der Waals surface area (Å²) in [6.07, 6.45) is 3.19. The number of nitrogens with zero attached hydrogens (tertiary/aromatic N) is 2. The van der Waals surface area contributed by atoms with E-state index in [2.05, 4.69) is 34.5 Å². The van der Waals surface area contributed by atoms with Gasteiger partial charge < -0.3 is 10.6 Å². The number of carbonyl (C=O) groups is 1. The third-order valence-electron chi connectivity index (χ3n) is 4.10. The average molecular weight is 284 g/mol. The fourth-order valence-corrected chi connectivity index (χ4v) is 2.90. The Balaban J connectivity index is 1.54. The average Bonchev–Trinajstić information content (AvgIpc) is 2.95. The van der Waals surface area contributed by atoms with Crippen molar-refractivity contribution in [2.45, 2.75) is 19.3 Å². The van der Waals surface area contributed by atoms with Crippen LogP contribution in [-0.2, 0) is 6.42 Å². The highest BCUT2D eigenvalue weighted by Gasteiger charge is 2.24. The Labute approximate surface area is 124 Å². The quantitative estimate of drug-likeness (QED) is 0.906. The third-order valence-corrected chi connectivity index (χ3v) is 4.10. The molecular weight excluding hydrogens is 264 g/mol. The van der Waals surface area contributed by atoms with Crippen LogP contribution in [0.25, 0.3) is 0 Å². The van der Waals surface area contributed by atoms with Crippen LogP contribution in [0.3, 0.4) is 0 Å². The zero-order chi connectivity index (χ0) is 14.7. The minimum atomic E-state index is -0.00244. The van der Waals surface area contributed by atoms with Crippen LogP contribution in [0.5, 0.6) is 0 Å². The van der Waals surface area contributed by atoms with Crippen molar-refractivity contribution in [1.82, 2.24) is 15.1 Å². The molecule has 1 aromatic heterocycles. The Morgan fingerprint density at radius 2 is 2.00 bits per heavy atom. The van der Waals surface area contributed by atoms with Crippen molar-refractivity contribution in [1.29, 1.82) is 0 Å². The number of aromatic nitrogens is 2. The highest BCUT2D eigenvalue weighted by molar-refractivity contribution is 5.93. The minimum absolute atomic E-state index is 0.00244. The molecule has 0 saturated carbocycles. The normalized spacial score (nSPS) is 16.1. The summed E-state index contributed by atoms with van der Waals surface area (Å²) in [5, 5.41) is 6.50. The highest BCUT2D eigenvalue weighted by Crippen LogP contribution is 2.22. The number of amides is 1. The lowest BCUT2D eigenvalue weighted by molar-refractivity contribution is 0.0684. The van der Waals surface area contributed by atoms with Crippen molar-refractivity contribution in [3.05, 3.63) is 47.7 Å². The Morgan fingerprint density at radius 1 is 1.29 bits per heavy atom. The summed E-state index contributed by atoms with van der Waals surface area (Å²) in [6, 6.07) is 12.1. The second-order valence-electron chi connectivity index (χ2n) is 5.63. The number of nitrogens with two attached hydrogens (primary N) is 1. The molecule has 1 aliphatic heterocycles. The van der Waals surface area contributed by atoms with Crippen molar-refractivity contribution >= 4 is 11.7 Å². The topological polar surface area (TPSA) is 75.0 Å². The van der Waals surface area contributed by atoms with Crippen LogP contribution in [0, 0.1) is 5.92 Å². The number of anilines is 1. The molecular formula is C16H20N4O. The number of piperidine rings is 1. The van der Waals surface area contributed by atoms with Crippen LogP contribution in [-0.4, -0.2) is 34.1 Å². The van der Waals surface area contributed by atoms with E-state index in [-0.39, 0.29) is 5.91 Å². The van der Waals surface area contributed by atoms with Crippen molar-refractivity contribution in [2.75, 3.05) is 18.8 Å². The maximum Gasteiger partial charge on any atom is 0.271 e. The fraction of sp³-hybridized carbons (Fsp3) is 0.375. The largest absolute Gasteiger partial charge is 0.382 e. The summed E-state index contributed by atoms with van der Waals surface area (Å²) in [5.74, 6) is 1.01. The molecule has 5 nitrogen and oxygen atoms in total. The second-order valence-corrected chi connectivity index (χ2v) is 5.63. The van der Waals surface area contributed by atoms with Crippen LogP contribution in [0.4, 0.5) is 5.82 Å². The molecule has 0 spiro atoms. The number of likely N-dealkylation sites (tertiary alicyclic amines) is 1. The number of nitrogens with one attached hydrogen (secondary N) is 1. The first-order chi connectivity index (χ1) is 10.2. The van der Waals surface area contributed by atoms with E-state index in [0.717, 1.165) is 32.4 Å². The van der Waals surface area contributed by atoms with Gasteiger partial charge in [0.25, 0.3) is 5.91 Å². The third kappa shape index (κ3) is 3.24. The number of aromatic amines is 1. The summed E-state index contributed by atoms with van der Waals surface area (Å²) in [7, 11) is 0. The van der Waals surface area contributed by atoms with Gasteiger partial charge in [-0.3, -0.25) is 9.89 Å². The number of hydrogen-bond acceptors (Lipinski definition) is 3. The molecule has 1 amide bonds. The summed E-state index contributed by atoms with van der Waals surface area (Å²) >= 11 is 0. The summed E-state index contributed by atoms with van der Waals surface area (Å²) < 4.78 is 0. The van der Waals surface area contributed by atoms with Gasteiger partial charge in [0.1, 0.15) is 11.5 Å². The molecule has 2 heterocycles. The fourth-order valence-electron chi connectivity index (χ4n) is 2.90. The molecule has 2 aromatic rings. The maximum atomic E-state index is 12.3. The first-order valence-corrected chi connectivity index (χ1v) is 7.36. The van der Waals surface area contributed by atoms with Gasteiger partial charge in [0.2, 0.25) is 0 Å². The van der Waals surface area contributed by atoms with E-state index in [9.17, 15) is 4.79 Å². The Hall–Kier alpha value is -2.30. The molecule has 1 fully saturated rings. The van der Waals surface area contributed by atoms with E-state index in [4.69, 9.17) is 5.73 Å². The molecule has 3 N–H and O–H groups in total. The van der Waals surface area contributed by atoms with Gasteiger partial charge in [0.05, 0.1) is 0 Å².